The Morgan fingerprint density at radius 2 is 2.29 bits per heavy atom. The van der Waals surface area contributed by atoms with Crippen molar-refractivity contribution in [3.8, 4) is 0 Å². The molecular weight excluding hydrogens is 300 g/mol. The van der Waals surface area contributed by atoms with E-state index in [-0.39, 0.29) is 28.1 Å². The van der Waals surface area contributed by atoms with E-state index in [9.17, 15) is 20.0 Å². The minimum atomic E-state index is -1.28. The second kappa shape index (κ2) is 5.50. The summed E-state index contributed by atoms with van der Waals surface area (Å²) in [6, 6.07) is 2.14. The first kappa shape index (κ1) is 15.5. The Balaban J connectivity index is 2.48. The molecule has 0 aromatic heterocycles. The van der Waals surface area contributed by atoms with Crippen LogP contribution in [0.25, 0.3) is 0 Å². The number of ether oxygens (including phenoxy) is 1. The van der Waals surface area contributed by atoms with Crippen molar-refractivity contribution in [3.63, 3.8) is 0 Å². The highest BCUT2D eigenvalue weighted by Crippen LogP contribution is 2.37. The fourth-order valence-electron chi connectivity index (χ4n) is 2.28. The number of aromatic carboxylic acids is 1. The SMILES string of the molecule is CC1OCCC1(C)Nc1c(Cl)cc([N+](=O)[O-])cc1C(=O)O. The molecule has 1 aliphatic rings. The van der Waals surface area contributed by atoms with E-state index in [2.05, 4.69) is 5.32 Å². The average molecular weight is 315 g/mol. The van der Waals surface area contributed by atoms with E-state index in [1.165, 1.54) is 0 Å². The number of hydrogen-bond acceptors (Lipinski definition) is 5. The highest BCUT2D eigenvalue weighted by atomic mass is 35.5. The van der Waals surface area contributed by atoms with Crippen LogP contribution in [-0.4, -0.2) is 34.2 Å². The quantitative estimate of drug-likeness (QED) is 0.654. The molecule has 0 aliphatic carbocycles. The normalized spacial score (nSPS) is 24.8. The minimum absolute atomic E-state index is 0.00178. The predicted octanol–water partition coefficient (Wildman–Crippen LogP) is 2.93. The average Bonchev–Trinajstić information content (AvgIpc) is 2.71. The molecule has 1 fully saturated rings. The van der Waals surface area contributed by atoms with Gasteiger partial charge in [-0.05, 0) is 20.3 Å². The summed E-state index contributed by atoms with van der Waals surface area (Å²) in [4.78, 5) is 21.5. The zero-order chi connectivity index (χ0) is 15.8. The van der Waals surface area contributed by atoms with Gasteiger partial charge in [-0.2, -0.15) is 0 Å². The molecular formula is C13H15ClN2O5. The molecule has 1 aromatic carbocycles. The minimum Gasteiger partial charge on any atom is -0.478 e. The van der Waals surface area contributed by atoms with Crippen LogP contribution in [0.1, 0.15) is 30.6 Å². The van der Waals surface area contributed by atoms with Crippen molar-refractivity contribution in [2.24, 2.45) is 0 Å². The number of nitrogens with one attached hydrogen (secondary N) is 1. The van der Waals surface area contributed by atoms with Crippen LogP contribution in [0.15, 0.2) is 12.1 Å². The van der Waals surface area contributed by atoms with Crippen LogP contribution in [-0.2, 0) is 4.74 Å². The molecule has 2 atom stereocenters. The van der Waals surface area contributed by atoms with Gasteiger partial charge in [-0.3, -0.25) is 10.1 Å². The van der Waals surface area contributed by atoms with Crippen molar-refractivity contribution in [2.45, 2.75) is 31.9 Å². The molecule has 0 radical (unpaired) electrons. The number of benzene rings is 1. The van der Waals surface area contributed by atoms with Crippen molar-refractivity contribution in [1.29, 1.82) is 0 Å². The molecule has 0 saturated carbocycles. The molecule has 7 nitrogen and oxygen atoms in total. The summed E-state index contributed by atoms with van der Waals surface area (Å²) in [5.74, 6) is -1.28. The second-order valence-electron chi connectivity index (χ2n) is 5.22. The lowest BCUT2D eigenvalue weighted by molar-refractivity contribution is -0.384. The summed E-state index contributed by atoms with van der Waals surface area (Å²) in [5, 5.41) is 23.2. The van der Waals surface area contributed by atoms with Gasteiger partial charge in [0.2, 0.25) is 0 Å². The van der Waals surface area contributed by atoms with Gasteiger partial charge in [0, 0.05) is 18.7 Å². The fraction of sp³-hybridized carbons (Fsp3) is 0.462. The first-order valence-corrected chi connectivity index (χ1v) is 6.73. The first-order valence-electron chi connectivity index (χ1n) is 6.35. The first-order chi connectivity index (χ1) is 9.74. The van der Waals surface area contributed by atoms with Gasteiger partial charge in [-0.1, -0.05) is 11.6 Å². The van der Waals surface area contributed by atoms with Crippen LogP contribution >= 0.6 is 11.6 Å². The summed E-state index contributed by atoms with van der Waals surface area (Å²) in [5.41, 5.74) is -0.891. The third kappa shape index (κ3) is 2.93. The van der Waals surface area contributed by atoms with Crippen LogP contribution in [0, 0.1) is 10.1 Å². The number of rotatable bonds is 4. The number of nitro benzene ring substituents is 1. The van der Waals surface area contributed by atoms with E-state index in [0.717, 1.165) is 12.1 Å². The standard InChI is InChI=1S/C13H15ClN2O5/c1-7-13(2,3-4-21-7)15-11-9(12(17)18)5-8(16(19)20)6-10(11)14/h5-7,15H,3-4H2,1-2H3,(H,17,18). The molecule has 2 N–H and O–H groups in total. The van der Waals surface area contributed by atoms with Gasteiger partial charge >= 0.3 is 5.97 Å². The Kier molecular flexibility index (Phi) is 4.06. The highest BCUT2D eigenvalue weighted by molar-refractivity contribution is 6.34. The number of anilines is 1. The number of hydrogen-bond donors (Lipinski definition) is 2. The Morgan fingerprint density at radius 3 is 2.76 bits per heavy atom. The zero-order valence-corrected chi connectivity index (χ0v) is 12.3. The van der Waals surface area contributed by atoms with E-state index < -0.39 is 16.4 Å². The van der Waals surface area contributed by atoms with E-state index in [4.69, 9.17) is 16.3 Å². The Morgan fingerprint density at radius 1 is 1.62 bits per heavy atom. The Labute approximate surface area is 126 Å². The smallest absolute Gasteiger partial charge is 0.338 e. The summed E-state index contributed by atoms with van der Waals surface area (Å²) in [6.07, 6.45) is 0.547. The van der Waals surface area contributed by atoms with Gasteiger partial charge in [0.25, 0.3) is 5.69 Å². The van der Waals surface area contributed by atoms with Crippen LogP contribution in [0.2, 0.25) is 5.02 Å². The van der Waals surface area contributed by atoms with Crippen molar-refractivity contribution in [2.75, 3.05) is 11.9 Å². The molecule has 2 rings (SSSR count). The molecule has 1 saturated heterocycles. The van der Waals surface area contributed by atoms with Crippen LogP contribution in [0.3, 0.4) is 0 Å². The number of halogens is 1. The van der Waals surface area contributed by atoms with Crippen molar-refractivity contribution >= 4 is 28.9 Å². The van der Waals surface area contributed by atoms with E-state index in [1.807, 2.05) is 13.8 Å². The van der Waals surface area contributed by atoms with Crippen LogP contribution < -0.4 is 5.32 Å². The molecule has 1 aromatic rings. The molecule has 0 amide bonds. The maximum atomic E-state index is 11.4. The van der Waals surface area contributed by atoms with Gasteiger partial charge in [0.1, 0.15) is 0 Å². The summed E-state index contributed by atoms with van der Waals surface area (Å²) in [7, 11) is 0. The number of nitrogens with zero attached hydrogens (tertiary/aromatic N) is 1. The maximum Gasteiger partial charge on any atom is 0.338 e. The molecule has 2 unspecified atom stereocenters. The van der Waals surface area contributed by atoms with Crippen LogP contribution in [0.4, 0.5) is 11.4 Å². The molecule has 8 heteroatoms. The molecule has 114 valence electrons. The van der Waals surface area contributed by atoms with E-state index in [0.29, 0.717) is 13.0 Å². The number of carboxylic acid groups (broad SMARTS) is 1. The second-order valence-corrected chi connectivity index (χ2v) is 5.63. The van der Waals surface area contributed by atoms with Crippen LogP contribution in [0.5, 0.6) is 0 Å². The predicted molar refractivity (Wildman–Crippen MR) is 77.1 cm³/mol. The third-order valence-electron chi connectivity index (χ3n) is 3.81. The molecule has 1 heterocycles. The summed E-state index contributed by atoms with van der Waals surface area (Å²) < 4.78 is 5.48. The van der Waals surface area contributed by atoms with Crippen molar-refractivity contribution < 1.29 is 19.6 Å². The monoisotopic (exact) mass is 314 g/mol. The van der Waals surface area contributed by atoms with Gasteiger partial charge in [0.05, 0.1) is 32.8 Å². The molecule has 0 bridgehead atoms. The van der Waals surface area contributed by atoms with Gasteiger partial charge in [0.15, 0.2) is 0 Å². The lowest BCUT2D eigenvalue weighted by atomic mass is 9.93. The lowest BCUT2D eigenvalue weighted by Crippen LogP contribution is -2.41. The largest absolute Gasteiger partial charge is 0.478 e. The zero-order valence-electron chi connectivity index (χ0n) is 11.6. The molecule has 21 heavy (non-hydrogen) atoms. The topological polar surface area (TPSA) is 102 Å². The third-order valence-corrected chi connectivity index (χ3v) is 4.11. The van der Waals surface area contributed by atoms with E-state index >= 15 is 0 Å². The highest BCUT2D eigenvalue weighted by Gasteiger charge is 2.38. The number of non-ortho nitro benzene ring substituents is 1. The Bertz CT molecular complexity index is 606. The number of carbonyl (C=O) groups is 1. The summed E-state index contributed by atoms with van der Waals surface area (Å²) >= 11 is 6.04. The maximum absolute atomic E-state index is 11.4. The van der Waals surface area contributed by atoms with E-state index in [1.54, 1.807) is 0 Å². The summed E-state index contributed by atoms with van der Waals surface area (Å²) in [6.45, 7) is 4.32. The lowest BCUT2D eigenvalue weighted by Gasteiger charge is -2.31. The molecule has 0 spiro atoms. The van der Waals surface area contributed by atoms with Gasteiger partial charge in [-0.25, -0.2) is 4.79 Å². The van der Waals surface area contributed by atoms with Crippen molar-refractivity contribution in [3.05, 3.63) is 32.8 Å². The molecule has 1 aliphatic heterocycles. The fourth-order valence-corrected chi connectivity index (χ4v) is 2.54. The number of carboxylic acids is 1. The van der Waals surface area contributed by atoms with Gasteiger partial charge in [-0.15, -0.1) is 0 Å². The van der Waals surface area contributed by atoms with Gasteiger partial charge < -0.3 is 15.2 Å². The van der Waals surface area contributed by atoms with Crippen molar-refractivity contribution in [1.82, 2.24) is 0 Å². The Hall–Kier alpha value is -1.86. The number of nitro groups is 1.